The smallest absolute Gasteiger partial charge is 0.121 e. The van der Waals surface area contributed by atoms with Gasteiger partial charge in [-0.3, -0.25) is 0 Å². The van der Waals surface area contributed by atoms with E-state index in [-0.39, 0.29) is 0 Å². The van der Waals surface area contributed by atoms with Gasteiger partial charge in [0, 0.05) is 6.04 Å². The van der Waals surface area contributed by atoms with Crippen molar-refractivity contribution in [3.63, 3.8) is 0 Å². The Hall–Kier alpha value is 0.500. The Morgan fingerprint density at radius 1 is 1.29 bits per heavy atom. The van der Waals surface area contributed by atoms with E-state index < -0.39 is 4.33 Å². The van der Waals surface area contributed by atoms with Crippen LogP contribution in [0.1, 0.15) is 25.7 Å². The van der Waals surface area contributed by atoms with Crippen molar-refractivity contribution < 1.29 is 0 Å². The summed E-state index contributed by atoms with van der Waals surface area (Å²) < 4.78 is -0.397. The predicted molar refractivity (Wildman–Crippen MR) is 60.8 cm³/mol. The fraction of sp³-hybridized carbons (Fsp3) is 1.00. The average Bonchev–Trinajstić information content (AvgIpc) is 2.73. The summed E-state index contributed by atoms with van der Waals surface area (Å²) >= 11 is 12.0. The van der Waals surface area contributed by atoms with Crippen molar-refractivity contribution in [2.24, 2.45) is 11.7 Å². The molecule has 1 atom stereocenters. The van der Waals surface area contributed by atoms with Gasteiger partial charge >= 0.3 is 0 Å². The summed E-state index contributed by atoms with van der Waals surface area (Å²) in [4.78, 5) is 2.48. The third kappa shape index (κ3) is 2.75. The average molecular weight is 237 g/mol. The Labute approximate surface area is 95.7 Å². The minimum Gasteiger partial charge on any atom is -0.328 e. The minimum atomic E-state index is -0.397. The molecule has 0 radical (unpaired) electrons. The lowest BCUT2D eigenvalue weighted by Gasteiger charge is -2.30. The van der Waals surface area contributed by atoms with Crippen molar-refractivity contribution >= 4 is 23.2 Å². The van der Waals surface area contributed by atoms with Crippen LogP contribution < -0.4 is 5.73 Å². The molecule has 1 saturated heterocycles. The number of rotatable bonds is 3. The number of alkyl halides is 2. The first-order valence-corrected chi connectivity index (χ1v) is 6.19. The van der Waals surface area contributed by atoms with Gasteiger partial charge in [-0.1, -0.05) is 0 Å². The van der Waals surface area contributed by atoms with Crippen LogP contribution in [0.5, 0.6) is 0 Å². The van der Waals surface area contributed by atoms with Crippen LogP contribution in [0.3, 0.4) is 0 Å². The fourth-order valence-corrected chi connectivity index (χ4v) is 2.69. The van der Waals surface area contributed by atoms with Gasteiger partial charge in [0.05, 0.1) is 0 Å². The number of hydrogen-bond acceptors (Lipinski definition) is 2. The molecule has 82 valence electrons. The van der Waals surface area contributed by atoms with Gasteiger partial charge in [0.25, 0.3) is 0 Å². The molecule has 0 aromatic heterocycles. The summed E-state index contributed by atoms with van der Waals surface area (Å²) in [5.74, 6) is 0.529. The van der Waals surface area contributed by atoms with E-state index in [2.05, 4.69) is 4.90 Å². The fourth-order valence-electron chi connectivity index (χ4n) is 2.10. The van der Waals surface area contributed by atoms with E-state index in [4.69, 9.17) is 28.9 Å². The minimum absolute atomic E-state index is 0.397. The predicted octanol–water partition coefficient (Wildman–Crippen LogP) is 1.99. The highest BCUT2D eigenvalue weighted by Crippen LogP contribution is 2.54. The summed E-state index contributed by atoms with van der Waals surface area (Å²) in [6.07, 6.45) is 4.39. The molecule has 0 aromatic rings. The topological polar surface area (TPSA) is 29.3 Å². The number of likely N-dealkylation sites (tertiary alicyclic amines) is 1. The van der Waals surface area contributed by atoms with Gasteiger partial charge in [0.15, 0.2) is 0 Å². The molecule has 1 saturated carbocycles. The van der Waals surface area contributed by atoms with Crippen LogP contribution in [-0.4, -0.2) is 34.9 Å². The molecule has 0 bridgehead atoms. The molecule has 4 heteroatoms. The monoisotopic (exact) mass is 236 g/mol. The summed E-state index contributed by atoms with van der Waals surface area (Å²) in [5, 5.41) is 0. The third-order valence-corrected chi connectivity index (χ3v) is 4.31. The van der Waals surface area contributed by atoms with Crippen molar-refractivity contribution in [3.8, 4) is 0 Å². The van der Waals surface area contributed by atoms with Crippen LogP contribution in [0.15, 0.2) is 0 Å². The molecule has 1 aliphatic heterocycles. The highest BCUT2D eigenvalue weighted by Gasteiger charge is 2.50. The number of halogens is 2. The standard InChI is InChI=1S/C10H18Cl2N2/c11-10(12)7-8(10)1-4-14-5-2-9(13)3-6-14/h8-9H,1-7,13H2. The molecular formula is C10H18Cl2N2. The Balaban J connectivity index is 1.62. The Morgan fingerprint density at radius 2 is 1.86 bits per heavy atom. The maximum Gasteiger partial charge on any atom is 0.121 e. The summed E-state index contributed by atoms with van der Waals surface area (Å²) in [5.41, 5.74) is 5.84. The molecule has 0 amide bonds. The van der Waals surface area contributed by atoms with Crippen molar-refractivity contribution in [3.05, 3.63) is 0 Å². The van der Waals surface area contributed by atoms with Gasteiger partial charge in [-0.15, -0.1) is 23.2 Å². The number of piperidine rings is 1. The molecule has 2 nitrogen and oxygen atoms in total. The van der Waals surface area contributed by atoms with E-state index in [1.54, 1.807) is 0 Å². The lowest BCUT2D eigenvalue weighted by Crippen LogP contribution is -2.40. The molecule has 2 fully saturated rings. The highest BCUT2D eigenvalue weighted by atomic mass is 35.5. The van der Waals surface area contributed by atoms with Crippen LogP contribution in [0.4, 0.5) is 0 Å². The second-order valence-electron chi connectivity index (χ2n) is 4.63. The first-order chi connectivity index (χ1) is 6.58. The lowest BCUT2D eigenvalue weighted by molar-refractivity contribution is 0.208. The molecule has 1 unspecified atom stereocenters. The van der Waals surface area contributed by atoms with Crippen molar-refractivity contribution in [2.45, 2.75) is 36.1 Å². The zero-order chi connectivity index (χ0) is 10.2. The Morgan fingerprint density at radius 3 is 2.36 bits per heavy atom. The lowest BCUT2D eigenvalue weighted by atomic mass is 10.1. The number of nitrogens with two attached hydrogens (primary N) is 1. The molecule has 1 heterocycles. The van der Waals surface area contributed by atoms with Crippen LogP contribution in [-0.2, 0) is 0 Å². The third-order valence-electron chi connectivity index (χ3n) is 3.38. The van der Waals surface area contributed by atoms with E-state index in [0.717, 1.165) is 45.3 Å². The number of nitrogens with zero attached hydrogens (tertiary/aromatic N) is 1. The first-order valence-electron chi connectivity index (χ1n) is 5.44. The molecule has 14 heavy (non-hydrogen) atoms. The van der Waals surface area contributed by atoms with Crippen LogP contribution in [0.2, 0.25) is 0 Å². The zero-order valence-corrected chi connectivity index (χ0v) is 9.90. The molecule has 1 aliphatic carbocycles. The van der Waals surface area contributed by atoms with Gasteiger partial charge in [-0.25, -0.2) is 0 Å². The van der Waals surface area contributed by atoms with Gasteiger partial charge in [-0.2, -0.15) is 0 Å². The molecule has 2 rings (SSSR count). The van der Waals surface area contributed by atoms with Gasteiger partial charge in [0.2, 0.25) is 0 Å². The van der Waals surface area contributed by atoms with E-state index in [1.807, 2.05) is 0 Å². The Bertz CT molecular complexity index is 200. The van der Waals surface area contributed by atoms with E-state index >= 15 is 0 Å². The van der Waals surface area contributed by atoms with E-state index in [9.17, 15) is 0 Å². The van der Waals surface area contributed by atoms with E-state index in [0.29, 0.717) is 12.0 Å². The maximum atomic E-state index is 5.98. The van der Waals surface area contributed by atoms with Gasteiger partial charge < -0.3 is 10.6 Å². The van der Waals surface area contributed by atoms with Crippen molar-refractivity contribution in [1.29, 1.82) is 0 Å². The van der Waals surface area contributed by atoms with E-state index in [1.165, 1.54) is 0 Å². The molecule has 2 aliphatic rings. The summed E-state index contributed by atoms with van der Waals surface area (Å²) in [6.45, 7) is 3.43. The normalized spacial score (nSPS) is 33.2. The summed E-state index contributed by atoms with van der Waals surface area (Å²) in [6, 6.07) is 0.423. The highest BCUT2D eigenvalue weighted by molar-refractivity contribution is 6.50. The second kappa shape index (κ2) is 4.17. The SMILES string of the molecule is NC1CCN(CCC2CC2(Cl)Cl)CC1. The Kier molecular flexibility index (Phi) is 3.27. The van der Waals surface area contributed by atoms with Crippen LogP contribution >= 0.6 is 23.2 Å². The zero-order valence-electron chi connectivity index (χ0n) is 8.38. The van der Waals surface area contributed by atoms with Gasteiger partial charge in [-0.05, 0) is 51.2 Å². The number of hydrogen-bond donors (Lipinski definition) is 1. The van der Waals surface area contributed by atoms with Gasteiger partial charge in [0.1, 0.15) is 4.33 Å². The van der Waals surface area contributed by atoms with Crippen molar-refractivity contribution in [2.75, 3.05) is 19.6 Å². The second-order valence-corrected chi connectivity index (χ2v) is 6.17. The molecular weight excluding hydrogens is 219 g/mol. The molecule has 2 N–H and O–H groups in total. The van der Waals surface area contributed by atoms with Crippen LogP contribution in [0, 0.1) is 5.92 Å². The van der Waals surface area contributed by atoms with Crippen LogP contribution in [0.25, 0.3) is 0 Å². The maximum absolute atomic E-state index is 5.98. The first kappa shape index (κ1) is 11.0. The largest absolute Gasteiger partial charge is 0.328 e. The quantitative estimate of drug-likeness (QED) is 0.760. The molecule has 0 aromatic carbocycles. The summed E-state index contributed by atoms with van der Waals surface area (Å²) in [7, 11) is 0. The van der Waals surface area contributed by atoms with Crippen molar-refractivity contribution in [1.82, 2.24) is 4.90 Å². The molecule has 0 spiro atoms.